The SMILES string of the molecule is CC(C)[C@H]1CC[C@H](C)C[C@H]1OC(=O)CSc1nc2cc(C(F)(F)F)ccc2n1Cc1ccccc1. The predicted octanol–water partition coefficient (Wildman–Crippen LogP) is 7.20. The van der Waals surface area contributed by atoms with Crippen molar-refractivity contribution < 1.29 is 22.7 Å². The molecule has 0 spiro atoms. The molecular weight excluding hydrogens is 473 g/mol. The molecule has 1 fully saturated rings. The van der Waals surface area contributed by atoms with Crippen LogP contribution in [-0.4, -0.2) is 27.4 Å². The summed E-state index contributed by atoms with van der Waals surface area (Å²) >= 11 is 1.21. The minimum absolute atomic E-state index is 0.0555. The highest BCUT2D eigenvalue weighted by Gasteiger charge is 2.34. The summed E-state index contributed by atoms with van der Waals surface area (Å²) in [6, 6.07) is 13.2. The van der Waals surface area contributed by atoms with E-state index in [1.54, 1.807) is 0 Å². The highest BCUT2D eigenvalue weighted by molar-refractivity contribution is 7.99. The van der Waals surface area contributed by atoms with E-state index in [-0.39, 0.29) is 23.3 Å². The largest absolute Gasteiger partial charge is 0.461 e. The van der Waals surface area contributed by atoms with Crippen molar-refractivity contribution in [3.63, 3.8) is 0 Å². The maximum absolute atomic E-state index is 13.3. The van der Waals surface area contributed by atoms with Crippen LogP contribution >= 0.6 is 11.8 Å². The van der Waals surface area contributed by atoms with Crippen LogP contribution in [0.4, 0.5) is 13.2 Å². The Labute approximate surface area is 208 Å². The van der Waals surface area contributed by atoms with Crippen molar-refractivity contribution in [3.05, 3.63) is 59.7 Å². The molecule has 4 rings (SSSR count). The molecule has 1 aliphatic carbocycles. The summed E-state index contributed by atoms with van der Waals surface area (Å²) in [5.41, 5.74) is 1.11. The van der Waals surface area contributed by atoms with Gasteiger partial charge in [0.15, 0.2) is 5.16 Å². The van der Waals surface area contributed by atoms with Gasteiger partial charge < -0.3 is 9.30 Å². The van der Waals surface area contributed by atoms with Crippen molar-refractivity contribution in [1.29, 1.82) is 0 Å². The molecule has 2 aromatic carbocycles. The van der Waals surface area contributed by atoms with Gasteiger partial charge in [0.05, 0.1) is 28.9 Å². The average Bonchev–Trinajstić information content (AvgIpc) is 3.14. The summed E-state index contributed by atoms with van der Waals surface area (Å²) in [5.74, 6) is 1.05. The van der Waals surface area contributed by atoms with Crippen molar-refractivity contribution >= 4 is 28.8 Å². The number of imidazole rings is 1. The average molecular weight is 505 g/mol. The van der Waals surface area contributed by atoms with Crippen LogP contribution in [0.5, 0.6) is 0 Å². The molecule has 1 saturated carbocycles. The van der Waals surface area contributed by atoms with Crippen molar-refractivity contribution in [2.45, 2.75) is 64.0 Å². The number of carbonyl (C=O) groups is 1. The van der Waals surface area contributed by atoms with E-state index in [2.05, 4.69) is 25.8 Å². The van der Waals surface area contributed by atoms with Gasteiger partial charge in [0.25, 0.3) is 0 Å². The number of fused-ring (bicyclic) bond motifs is 1. The van der Waals surface area contributed by atoms with Crippen LogP contribution in [0.15, 0.2) is 53.7 Å². The second-order valence-electron chi connectivity index (χ2n) is 9.81. The molecule has 0 amide bonds. The molecule has 0 saturated heterocycles. The first kappa shape index (κ1) is 25.6. The number of aromatic nitrogens is 2. The number of halogens is 3. The van der Waals surface area contributed by atoms with Gasteiger partial charge in [-0.25, -0.2) is 4.98 Å². The molecule has 3 aromatic rings. The zero-order chi connectivity index (χ0) is 25.2. The number of thioether (sulfide) groups is 1. The Morgan fingerprint density at radius 2 is 1.91 bits per heavy atom. The molecule has 8 heteroatoms. The Bertz CT molecular complexity index is 1160. The summed E-state index contributed by atoms with van der Waals surface area (Å²) in [4.78, 5) is 17.3. The molecule has 3 atom stereocenters. The lowest BCUT2D eigenvalue weighted by Gasteiger charge is -2.36. The molecule has 1 heterocycles. The number of ether oxygens (including phenoxy) is 1. The van der Waals surface area contributed by atoms with E-state index >= 15 is 0 Å². The molecule has 0 bridgehead atoms. The van der Waals surface area contributed by atoms with Gasteiger partial charge >= 0.3 is 12.1 Å². The monoisotopic (exact) mass is 504 g/mol. The van der Waals surface area contributed by atoms with Crippen molar-refractivity contribution in [2.75, 3.05) is 5.75 Å². The van der Waals surface area contributed by atoms with Crippen LogP contribution < -0.4 is 0 Å². The van der Waals surface area contributed by atoms with Crippen LogP contribution in [0.3, 0.4) is 0 Å². The first-order valence-corrected chi connectivity index (χ1v) is 13.0. The van der Waals surface area contributed by atoms with E-state index in [4.69, 9.17) is 4.74 Å². The number of benzene rings is 2. The third-order valence-corrected chi connectivity index (χ3v) is 7.74. The summed E-state index contributed by atoms with van der Waals surface area (Å²) in [5, 5.41) is 0.498. The van der Waals surface area contributed by atoms with Gasteiger partial charge in [-0.2, -0.15) is 13.2 Å². The topological polar surface area (TPSA) is 44.1 Å². The fourth-order valence-corrected chi connectivity index (χ4v) is 5.69. The van der Waals surface area contributed by atoms with Crippen molar-refractivity contribution in [3.8, 4) is 0 Å². The van der Waals surface area contributed by atoms with E-state index in [1.807, 2.05) is 34.9 Å². The molecule has 0 N–H and O–H groups in total. The lowest BCUT2D eigenvalue weighted by Crippen LogP contribution is -2.36. The first-order valence-electron chi connectivity index (χ1n) is 12.1. The smallest absolute Gasteiger partial charge is 0.416 e. The van der Waals surface area contributed by atoms with Crippen LogP contribution in [-0.2, 0) is 22.3 Å². The molecule has 188 valence electrons. The number of alkyl halides is 3. The van der Waals surface area contributed by atoms with Crippen molar-refractivity contribution in [1.82, 2.24) is 9.55 Å². The molecular formula is C27H31F3N2O2S. The van der Waals surface area contributed by atoms with Crippen LogP contribution in [0.25, 0.3) is 11.0 Å². The Kier molecular flexibility index (Phi) is 7.79. The lowest BCUT2D eigenvalue weighted by atomic mass is 9.75. The van der Waals surface area contributed by atoms with Gasteiger partial charge in [-0.1, -0.05) is 69.3 Å². The van der Waals surface area contributed by atoms with Crippen LogP contribution in [0.1, 0.15) is 51.2 Å². The molecule has 0 unspecified atom stereocenters. The Morgan fingerprint density at radius 1 is 1.17 bits per heavy atom. The highest BCUT2D eigenvalue weighted by Crippen LogP contribution is 2.36. The van der Waals surface area contributed by atoms with Gasteiger partial charge in [0.1, 0.15) is 6.10 Å². The zero-order valence-electron chi connectivity index (χ0n) is 20.2. The number of esters is 1. The second kappa shape index (κ2) is 10.6. The number of rotatable bonds is 7. The third-order valence-electron chi connectivity index (χ3n) is 6.79. The van der Waals surface area contributed by atoms with E-state index in [0.29, 0.717) is 35.0 Å². The third kappa shape index (κ3) is 6.21. The number of carbonyl (C=O) groups excluding carboxylic acids is 1. The van der Waals surface area contributed by atoms with Gasteiger partial charge in [-0.15, -0.1) is 0 Å². The van der Waals surface area contributed by atoms with Crippen molar-refractivity contribution in [2.24, 2.45) is 17.8 Å². The standard InChI is InChI=1S/C27H31F3N2O2S/c1-17(2)21-11-9-18(3)13-24(21)34-25(33)16-35-26-31-22-14-20(27(28,29)30)10-12-23(22)32(26)15-19-7-5-4-6-8-19/h4-8,10,12,14,17-18,21,24H,9,11,13,15-16H2,1-3H3/t18-,21+,24+/m0/s1. The first-order chi connectivity index (χ1) is 16.6. The van der Waals surface area contributed by atoms with Gasteiger partial charge in [-0.3, -0.25) is 4.79 Å². The predicted molar refractivity (Wildman–Crippen MR) is 132 cm³/mol. The molecule has 35 heavy (non-hydrogen) atoms. The molecule has 1 aromatic heterocycles. The quantitative estimate of drug-likeness (QED) is 0.252. The maximum Gasteiger partial charge on any atom is 0.416 e. The summed E-state index contributed by atoms with van der Waals surface area (Å²) in [6.45, 7) is 6.96. The van der Waals surface area contributed by atoms with E-state index < -0.39 is 11.7 Å². The highest BCUT2D eigenvalue weighted by atomic mass is 32.2. The Hall–Kier alpha value is -2.48. The van der Waals surface area contributed by atoms with Gasteiger partial charge in [0, 0.05) is 0 Å². The summed E-state index contributed by atoms with van der Waals surface area (Å²) < 4.78 is 47.6. The molecule has 4 nitrogen and oxygen atoms in total. The normalized spacial score (nSPS) is 20.9. The molecule has 0 aliphatic heterocycles. The Balaban J connectivity index is 1.55. The maximum atomic E-state index is 13.3. The molecule has 1 aliphatic rings. The second-order valence-corrected chi connectivity index (χ2v) is 10.8. The number of hydrogen-bond donors (Lipinski definition) is 0. The van der Waals surface area contributed by atoms with E-state index in [9.17, 15) is 18.0 Å². The van der Waals surface area contributed by atoms with Gasteiger partial charge in [-0.05, 0) is 54.4 Å². The van der Waals surface area contributed by atoms with E-state index in [0.717, 1.165) is 37.0 Å². The summed E-state index contributed by atoms with van der Waals surface area (Å²) in [7, 11) is 0. The fourth-order valence-electron chi connectivity index (χ4n) is 4.89. The molecule has 0 radical (unpaired) electrons. The van der Waals surface area contributed by atoms with Crippen LogP contribution in [0, 0.1) is 17.8 Å². The minimum atomic E-state index is -4.45. The lowest BCUT2D eigenvalue weighted by molar-refractivity contribution is -0.152. The number of nitrogens with zero attached hydrogens (tertiary/aromatic N) is 2. The van der Waals surface area contributed by atoms with E-state index in [1.165, 1.54) is 17.8 Å². The van der Waals surface area contributed by atoms with Gasteiger partial charge in [0.2, 0.25) is 0 Å². The summed E-state index contributed by atoms with van der Waals surface area (Å²) in [6.07, 6.45) is -1.47. The zero-order valence-corrected chi connectivity index (χ0v) is 21.0. The Morgan fingerprint density at radius 3 is 2.60 bits per heavy atom. The fraction of sp³-hybridized carbons (Fsp3) is 0.481. The minimum Gasteiger partial charge on any atom is -0.461 e. The number of hydrogen-bond acceptors (Lipinski definition) is 4. The van der Waals surface area contributed by atoms with Crippen LogP contribution in [0.2, 0.25) is 0 Å².